The summed E-state index contributed by atoms with van der Waals surface area (Å²) < 4.78 is 0. The van der Waals surface area contributed by atoms with Crippen molar-refractivity contribution in [3.63, 3.8) is 0 Å². The minimum atomic E-state index is -0.558. The Kier molecular flexibility index (Phi) is 3.87. The van der Waals surface area contributed by atoms with E-state index in [0.717, 1.165) is 5.56 Å². The number of benzene rings is 2. The number of nitrogens with one attached hydrogen (secondary N) is 1. The molecule has 0 saturated heterocycles. The topological polar surface area (TPSA) is 105 Å². The third-order valence-electron chi connectivity index (χ3n) is 2.91. The van der Waals surface area contributed by atoms with E-state index in [2.05, 4.69) is 11.4 Å². The monoisotopic (exact) mass is 266 g/mol. The lowest BCUT2D eigenvalue weighted by atomic mass is 10.1. The van der Waals surface area contributed by atoms with E-state index in [-0.39, 0.29) is 0 Å². The molecule has 0 aliphatic carbocycles. The van der Waals surface area contributed by atoms with E-state index < -0.39 is 5.91 Å². The van der Waals surface area contributed by atoms with Crippen LogP contribution in [0.1, 0.15) is 21.5 Å². The smallest absolute Gasteiger partial charge is 0.250 e. The first-order chi connectivity index (χ1) is 9.61. The molecule has 0 unspecified atom stereocenters. The first-order valence-electron chi connectivity index (χ1n) is 6.03. The zero-order valence-electron chi connectivity index (χ0n) is 10.8. The number of carbonyl (C=O) groups is 1. The molecule has 0 aromatic heterocycles. The molecule has 100 valence electrons. The van der Waals surface area contributed by atoms with Gasteiger partial charge in [0.05, 0.1) is 28.6 Å². The van der Waals surface area contributed by atoms with Crippen molar-refractivity contribution >= 4 is 17.3 Å². The highest BCUT2D eigenvalue weighted by Crippen LogP contribution is 2.23. The zero-order valence-corrected chi connectivity index (χ0v) is 10.8. The molecule has 5 nitrogen and oxygen atoms in total. The van der Waals surface area contributed by atoms with Crippen molar-refractivity contribution < 1.29 is 4.79 Å². The Morgan fingerprint density at radius 1 is 1.25 bits per heavy atom. The summed E-state index contributed by atoms with van der Waals surface area (Å²) in [5.74, 6) is -0.558. The number of hydrogen-bond acceptors (Lipinski definition) is 4. The van der Waals surface area contributed by atoms with E-state index in [0.29, 0.717) is 29.0 Å². The van der Waals surface area contributed by atoms with Crippen LogP contribution in [0.4, 0.5) is 11.4 Å². The third kappa shape index (κ3) is 2.87. The molecule has 0 radical (unpaired) electrons. The van der Waals surface area contributed by atoms with Gasteiger partial charge in [-0.2, -0.15) is 5.26 Å². The summed E-state index contributed by atoms with van der Waals surface area (Å²) in [6, 6.07) is 14.4. The van der Waals surface area contributed by atoms with Gasteiger partial charge in [-0.3, -0.25) is 4.79 Å². The molecular weight excluding hydrogens is 252 g/mol. The maximum absolute atomic E-state index is 11.2. The predicted octanol–water partition coefficient (Wildman–Crippen LogP) is 1.85. The van der Waals surface area contributed by atoms with Crippen LogP contribution >= 0.6 is 0 Å². The molecule has 1 amide bonds. The molecule has 2 aromatic rings. The van der Waals surface area contributed by atoms with Crippen molar-refractivity contribution in [1.82, 2.24) is 0 Å². The number of nitrogens with two attached hydrogens (primary N) is 2. The van der Waals surface area contributed by atoms with E-state index in [1.165, 1.54) is 0 Å². The molecule has 0 atom stereocenters. The number of rotatable bonds is 4. The highest BCUT2D eigenvalue weighted by Gasteiger charge is 2.09. The van der Waals surface area contributed by atoms with E-state index in [1.807, 2.05) is 12.1 Å². The number of para-hydroxylation sites is 1. The predicted molar refractivity (Wildman–Crippen MR) is 77.9 cm³/mol. The van der Waals surface area contributed by atoms with Gasteiger partial charge in [-0.05, 0) is 29.8 Å². The number of nitrogens with zero attached hydrogens (tertiary/aromatic N) is 1. The Balaban J connectivity index is 2.17. The summed E-state index contributed by atoms with van der Waals surface area (Å²) in [6.07, 6.45) is 0. The minimum absolute atomic E-state index is 0.292. The highest BCUT2D eigenvalue weighted by atomic mass is 16.1. The van der Waals surface area contributed by atoms with Gasteiger partial charge in [-0.25, -0.2) is 0 Å². The fourth-order valence-corrected chi connectivity index (χ4v) is 1.88. The second kappa shape index (κ2) is 5.76. The van der Waals surface area contributed by atoms with Gasteiger partial charge < -0.3 is 16.8 Å². The summed E-state index contributed by atoms with van der Waals surface area (Å²) >= 11 is 0. The molecule has 20 heavy (non-hydrogen) atoms. The normalized spacial score (nSPS) is 9.75. The van der Waals surface area contributed by atoms with Crippen molar-refractivity contribution in [3.8, 4) is 6.07 Å². The molecule has 2 rings (SSSR count). The lowest BCUT2D eigenvalue weighted by Crippen LogP contribution is -2.14. The fraction of sp³-hybridized carbons (Fsp3) is 0.0667. The van der Waals surface area contributed by atoms with Gasteiger partial charge in [-0.15, -0.1) is 0 Å². The van der Waals surface area contributed by atoms with Crippen LogP contribution in [0.3, 0.4) is 0 Å². The standard InChI is InChI=1S/C15H14N4O/c16-8-10-3-1-4-11(7-10)9-19-13-6-2-5-12(14(13)17)15(18)20/h1-7,19H,9,17H2,(H2,18,20). The molecule has 5 heteroatoms. The van der Waals surface area contributed by atoms with Crippen molar-refractivity contribution in [2.24, 2.45) is 5.73 Å². The van der Waals surface area contributed by atoms with Crippen LogP contribution in [0.2, 0.25) is 0 Å². The van der Waals surface area contributed by atoms with Crippen LogP contribution < -0.4 is 16.8 Å². The Morgan fingerprint density at radius 3 is 2.70 bits per heavy atom. The molecule has 0 spiro atoms. The first-order valence-corrected chi connectivity index (χ1v) is 6.03. The molecular formula is C15H14N4O. The van der Waals surface area contributed by atoms with Crippen molar-refractivity contribution in [1.29, 1.82) is 5.26 Å². The Bertz CT molecular complexity index is 689. The van der Waals surface area contributed by atoms with Crippen LogP contribution in [-0.4, -0.2) is 5.91 Å². The van der Waals surface area contributed by atoms with Crippen LogP contribution in [0.25, 0.3) is 0 Å². The highest BCUT2D eigenvalue weighted by molar-refractivity contribution is 6.00. The SMILES string of the molecule is N#Cc1cccc(CNc2cccc(C(N)=O)c2N)c1. The molecule has 0 bridgehead atoms. The largest absolute Gasteiger partial charge is 0.396 e. The lowest BCUT2D eigenvalue weighted by molar-refractivity contribution is 0.100. The van der Waals surface area contributed by atoms with Gasteiger partial charge in [0.2, 0.25) is 0 Å². The fourth-order valence-electron chi connectivity index (χ4n) is 1.88. The van der Waals surface area contributed by atoms with Crippen molar-refractivity contribution in [2.75, 3.05) is 11.1 Å². The maximum Gasteiger partial charge on any atom is 0.250 e. The summed E-state index contributed by atoms with van der Waals surface area (Å²) in [5.41, 5.74) is 14.0. The second-order valence-corrected chi connectivity index (χ2v) is 4.30. The van der Waals surface area contributed by atoms with Crippen molar-refractivity contribution in [3.05, 3.63) is 59.2 Å². The number of nitriles is 1. The number of amides is 1. The second-order valence-electron chi connectivity index (χ2n) is 4.30. The Morgan fingerprint density at radius 2 is 2.00 bits per heavy atom. The molecule has 0 heterocycles. The molecule has 0 aliphatic heterocycles. The maximum atomic E-state index is 11.2. The van der Waals surface area contributed by atoms with Gasteiger partial charge in [0.15, 0.2) is 0 Å². The molecule has 0 saturated carbocycles. The van der Waals surface area contributed by atoms with E-state index >= 15 is 0 Å². The van der Waals surface area contributed by atoms with E-state index in [9.17, 15) is 4.79 Å². The zero-order chi connectivity index (χ0) is 14.5. The summed E-state index contributed by atoms with van der Waals surface area (Å²) in [7, 11) is 0. The van der Waals surface area contributed by atoms with Crippen LogP contribution in [0.5, 0.6) is 0 Å². The van der Waals surface area contributed by atoms with Gasteiger partial charge in [0.25, 0.3) is 5.91 Å². The molecule has 0 aliphatic rings. The molecule has 0 fully saturated rings. The van der Waals surface area contributed by atoms with E-state index in [1.54, 1.807) is 30.3 Å². The van der Waals surface area contributed by atoms with Crippen molar-refractivity contribution in [2.45, 2.75) is 6.54 Å². The molecule has 2 aromatic carbocycles. The van der Waals surface area contributed by atoms with Gasteiger partial charge in [-0.1, -0.05) is 18.2 Å². The summed E-state index contributed by atoms with van der Waals surface area (Å²) in [4.78, 5) is 11.2. The van der Waals surface area contributed by atoms with Gasteiger partial charge in [0.1, 0.15) is 0 Å². The number of nitrogen functional groups attached to an aromatic ring is 1. The summed E-state index contributed by atoms with van der Waals surface area (Å²) in [5, 5.41) is 12.0. The van der Waals surface area contributed by atoms with E-state index in [4.69, 9.17) is 16.7 Å². The molecule has 5 N–H and O–H groups in total. The average molecular weight is 266 g/mol. The minimum Gasteiger partial charge on any atom is -0.396 e. The van der Waals surface area contributed by atoms with Gasteiger partial charge in [0, 0.05) is 6.54 Å². The number of hydrogen-bond donors (Lipinski definition) is 3. The Hall–Kier alpha value is -3.00. The first kappa shape index (κ1) is 13.4. The van der Waals surface area contributed by atoms with Crippen LogP contribution in [-0.2, 0) is 6.54 Å². The summed E-state index contributed by atoms with van der Waals surface area (Å²) in [6.45, 7) is 0.502. The average Bonchev–Trinajstić information content (AvgIpc) is 2.46. The van der Waals surface area contributed by atoms with Crippen LogP contribution in [0, 0.1) is 11.3 Å². The van der Waals surface area contributed by atoms with Crippen LogP contribution in [0.15, 0.2) is 42.5 Å². The third-order valence-corrected chi connectivity index (χ3v) is 2.91. The van der Waals surface area contributed by atoms with Gasteiger partial charge >= 0.3 is 0 Å². The number of carbonyl (C=O) groups excluding carboxylic acids is 1. The number of primary amides is 1. The lowest BCUT2D eigenvalue weighted by Gasteiger charge is -2.11. The quantitative estimate of drug-likeness (QED) is 0.734. The number of anilines is 2. The Labute approximate surface area is 116 Å².